The van der Waals surface area contributed by atoms with Gasteiger partial charge in [0.1, 0.15) is 5.69 Å². The number of nitrogens with zero attached hydrogens (tertiary/aromatic N) is 3. The van der Waals surface area contributed by atoms with E-state index >= 15 is 0 Å². The number of anilines is 1. The van der Waals surface area contributed by atoms with Crippen molar-refractivity contribution in [2.45, 2.75) is 6.18 Å². The monoisotopic (exact) mass is 324 g/mol. The van der Waals surface area contributed by atoms with Crippen LogP contribution in [0.4, 0.5) is 23.2 Å². The first kappa shape index (κ1) is 14.9. The molecule has 0 saturated carbocycles. The van der Waals surface area contributed by atoms with Crippen LogP contribution in [0.1, 0.15) is 16.1 Å². The second-order valence-corrected chi connectivity index (χ2v) is 4.57. The van der Waals surface area contributed by atoms with Crippen molar-refractivity contribution in [3.8, 4) is 0 Å². The van der Waals surface area contributed by atoms with Crippen LogP contribution in [-0.2, 0) is 6.18 Å². The van der Waals surface area contributed by atoms with Crippen molar-refractivity contribution in [1.29, 1.82) is 0 Å². The molecule has 3 aromatic rings. The Hall–Kier alpha value is -2.97. The molecule has 1 amide bonds. The van der Waals surface area contributed by atoms with E-state index in [1.165, 1.54) is 29.0 Å². The number of alkyl halides is 3. The molecule has 0 bridgehead atoms. The van der Waals surface area contributed by atoms with Gasteiger partial charge in [0.25, 0.3) is 5.91 Å². The molecule has 9 heteroatoms. The third kappa shape index (κ3) is 2.85. The lowest BCUT2D eigenvalue weighted by Gasteiger charge is -2.11. The van der Waals surface area contributed by atoms with Gasteiger partial charge in [-0.1, -0.05) is 6.07 Å². The van der Waals surface area contributed by atoms with Gasteiger partial charge >= 0.3 is 6.18 Å². The highest BCUT2D eigenvalue weighted by molar-refractivity contribution is 6.03. The fourth-order valence-electron chi connectivity index (χ4n) is 1.97. The highest BCUT2D eigenvalue weighted by Crippen LogP contribution is 2.33. The lowest BCUT2D eigenvalue weighted by molar-refractivity contribution is -0.139. The summed E-state index contributed by atoms with van der Waals surface area (Å²) in [5.41, 5.74) is -1.62. The normalized spacial score (nSPS) is 11.7. The van der Waals surface area contributed by atoms with Crippen molar-refractivity contribution >= 4 is 17.2 Å². The number of hydrogen-bond acceptors (Lipinski definition) is 3. The van der Waals surface area contributed by atoms with Gasteiger partial charge in [-0.15, -0.1) is 0 Å². The Balaban J connectivity index is 1.91. The minimum absolute atomic E-state index is 0.0905. The topological polar surface area (TPSA) is 59.3 Å². The molecule has 1 aromatic carbocycles. The minimum Gasteiger partial charge on any atom is -0.318 e. The molecule has 0 aliphatic carbocycles. The van der Waals surface area contributed by atoms with Gasteiger partial charge in [-0.3, -0.25) is 4.79 Å². The molecule has 118 valence electrons. The summed E-state index contributed by atoms with van der Waals surface area (Å²) >= 11 is 0. The van der Waals surface area contributed by atoms with E-state index in [4.69, 9.17) is 0 Å². The maximum atomic E-state index is 13.9. The zero-order chi connectivity index (χ0) is 16.6. The summed E-state index contributed by atoms with van der Waals surface area (Å²) in [6.45, 7) is 0. The molecule has 0 radical (unpaired) electrons. The highest BCUT2D eigenvalue weighted by atomic mass is 19.4. The standard InChI is InChI=1S/C14H8F4N4O/c15-12-8(14(16,17)18)2-1-3-9(12)20-13(23)10-4-5-11-19-6-7-22(11)21-10/h1-7H,(H,20,23). The molecular weight excluding hydrogens is 316 g/mol. The lowest BCUT2D eigenvalue weighted by atomic mass is 10.1. The SMILES string of the molecule is O=C(Nc1cccc(C(F)(F)F)c1F)c1ccc2nccn2n1. The van der Waals surface area contributed by atoms with E-state index in [-0.39, 0.29) is 5.69 Å². The molecule has 0 atom stereocenters. The number of hydrogen-bond donors (Lipinski definition) is 1. The number of nitrogens with one attached hydrogen (secondary N) is 1. The molecule has 0 aliphatic rings. The Bertz CT molecular complexity index is 888. The first-order valence-electron chi connectivity index (χ1n) is 6.34. The van der Waals surface area contributed by atoms with Crippen molar-refractivity contribution < 1.29 is 22.4 Å². The molecule has 5 nitrogen and oxygen atoms in total. The van der Waals surface area contributed by atoms with Crippen molar-refractivity contribution in [2.24, 2.45) is 0 Å². The molecule has 0 fully saturated rings. The Morgan fingerprint density at radius 3 is 2.70 bits per heavy atom. The largest absolute Gasteiger partial charge is 0.419 e. The fraction of sp³-hybridized carbons (Fsp3) is 0.0714. The van der Waals surface area contributed by atoms with Gasteiger partial charge in [0.2, 0.25) is 0 Å². The number of benzene rings is 1. The van der Waals surface area contributed by atoms with E-state index in [1.807, 2.05) is 0 Å². The van der Waals surface area contributed by atoms with E-state index in [2.05, 4.69) is 15.4 Å². The van der Waals surface area contributed by atoms with Crippen LogP contribution >= 0.6 is 0 Å². The molecule has 2 aromatic heterocycles. The average molecular weight is 324 g/mol. The van der Waals surface area contributed by atoms with Gasteiger partial charge in [0.15, 0.2) is 11.5 Å². The van der Waals surface area contributed by atoms with Crippen LogP contribution in [0, 0.1) is 5.82 Å². The highest BCUT2D eigenvalue weighted by Gasteiger charge is 2.35. The number of carbonyl (C=O) groups is 1. The van der Waals surface area contributed by atoms with Crippen LogP contribution < -0.4 is 5.32 Å². The van der Waals surface area contributed by atoms with Crippen molar-refractivity contribution in [3.05, 3.63) is 59.8 Å². The van der Waals surface area contributed by atoms with Gasteiger partial charge < -0.3 is 5.32 Å². The average Bonchev–Trinajstić information content (AvgIpc) is 2.95. The molecule has 0 spiro atoms. The summed E-state index contributed by atoms with van der Waals surface area (Å²) in [7, 11) is 0. The van der Waals surface area contributed by atoms with E-state index in [0.717, 1.165) is 12.1 Å². The molecule has 2 heterocycles. The Morgan fingerprint density at radius 1 is 1.17 bits per heavy atom. The summed E-state index contributed by atoms with van der Waals surface area (Å²) in [6, 6.07) is 5.49. The van der Waals surface area contributed by atoms with Gasteiger partial charge in [-0.2, -0.15) is 18.3 Å². The smallest absolute Gasteiger partial charge is 0.318 e. The molecular formula is C14H8F4N4O. The van der Waals surface area contributed by atoms with E-state index in [0.29, 0.717) is 11.7 Å². The van der Waals surface area contributed by atoms with Gasteiger partial charge in [0.05, 0.1) is 11.3 Å². The Morgan fingerprint density at radius 2 is 1.96 bits per heavy atom. The second-order valence-electron chi connectivity index (χ2n) is 4.57. The summed E-state index contributed by atoms with van der Waals surface area (Å²) in [6.07, 6.45) is -1.88. The summed E-state index contributed by atoms with van der Waals surface area (Å²) < 4.78 is 53.2. The Labute approximate surface area is 126 Å². The summed E-state index contributed by atoms with van der Waals surface area (Å²) in [4.78, 5) is 16.0. The number of carbonyl (C=O) groups excluding carboxylic acids is 1. The number of aromatic nitrogens is 3. The molecule has 23 heavy (non-hydrogen) atoms. The van der Waals surface area contributed by atoms with Crippen molar-refractivity contribution in [1.82, 2.24) is 14.6 Å². The minimum atomic E-state index is -4.85. The summed E-state index contributed by atoms with van der Waals surface area (Å²) in [5.74, 6) is -2.38. The molecule has 0 saturated heterocycles. The zero-order valence-electron chi connectivity index (χ0n) is 11.3. The third-order valence-electron chi connectivity index (χ3n) is 3.04. The maximum Gasteiger partial charge on any atom is 0.419 e. The fourth-order valence-corrected chi connectivity index (χ4v) is 1.97. The second kappa shape index (κ2) is 5.34. The number of imidazole rings is 1. The number of halogens is 4. The van der Waals surface area contributed by atoms with Crippen molar-refractivity contribution in [3.63, 3.8) is 0 Å². The first-order chi connectivity index (χ1) is 10.9. The van der Waals surface area contributed by atoms with Crippen LogP contribution in [0.15, 0.2) is 42.7 Å². The lowest BCUT2D eigenvalue weighted by Crippen LogP contribution is -2.17. The number of fused-ring (bicyclic) bond motifs is 1. The Kier molecular flexibility index (Phi) is 3.47. The van der Waals surface area contributed by atoms with Crippen LogP contribution in [-0.4, -0.2) is 20.5 Å². The molecule has 0 unspecified atom stereocenters. The number of amides is 1. The van der Waals surface area contributed by atoms with Crippen molar-refractivity contribution in [2.75, 3.05) is 5.32 Å². The third-order valence-corrected chi connectivity index (χ3v) is 3.04. The van der Waals surface area contributed by atoms with Crippen LogP contribution in [0.5, 0.6) is 0 Å². The zero-order valence-corrected chi connectivity index (χ0v) is 11.3. The molecule has 3 rings (SSSR count). The first-order valence-corrected chi connectivity index (χ1v) is 6.34. The van der Waals surface area contributed by atoms with E-state index in [1.54, 1.807) is 0 Å². The predicted molar refractivity (Wildman–Crippen MR) is 72.3 cm³/mol. The molecule has 1 N–H and O–H groups in total. The maximum absolute atomic E-state index is 13.9. The van der Waals surface area contributed by atoms with E-state index < -0.39 is 29.2 Å². The summed E-state index contributed by atoms with van der Waals surface area (Å²) in [5, 5.41) is 6.02. The van der Waals surface area contributed by atoms with Crippen LogP contribution in [0.2, 0.25) is 0 Å². The van der Waals surface area contributed by atoms with Crippen LogP contribution in [0.25, 0.3) is 5.65 Å². The predicted octanol–water partition coefficient (Wildman–Crippen LogP) is 3.14. The van der Waals surface area contributed by atoms with Gasteiger partial charge in [-0.25, -0.2) is 13.9 Å². The van der Waals surface area contributed by atoms with E-state index in [9.17, 15) is 22.4 Å². The molecule has 0 aliphatic heterocycles. The van der Waals surface area contributed by atoms with Crippen LogP contribution in [0.3, 0.4) is 0 Å². The van der Waals surface area contributed by atoms with Gasteiger partial charge in [-0.05, 0) is 24.3 Å². The van der Waals surface area contributed by atoms with Gasteiger partial charge in [0, 0.05) is 12.4 Å². The number of rotatable bonds is 2. The quantitative estimate of drug-likeness (QED) is 0.737.